The molecule has 35 heavy (non-hydrogen) atoms. The fourth-order valence-electron chi connectivity index (χ4n) is 5.62. The Morgan fingerprint density at radius 1 is 0.857 bits per heavy atom. The predicted molar refractivity (Wildman–Crippen MR) is 136 cm³/mol. The number of anilines is 2. The second-order valence-corrected chi connectivity index (χ2v) is 11.9. The summed E-state index contributed by atoms with van der Waals surface area (Å²) in [6.07, 6.45) is 7.01. The molecule has 0 spiro atoms. The quantitative estimate of drug-likeness (QED) is 0.697. The number of fused-ring (bicyclic) bond motifs is 2. The molecular formula is C27H33N3O4S. The second kappa shape index (κ2) is 9.74. The van der Waals surface area contributed by atoms with Crippen molar-refractivity contribution in [3.63, 3.8) is 0 Å². The molecule has 2 amide bonds. The highest BCUT2D eigenvalue weighted by molar-refractivity contribution is 7.89. The van der Waals surface area contributed by atoms with Crippen LogP contribution in [-0.2, 0) is 38.9 Å². The van der Waals surface area contributed by atoms with Gasteiger partial charge < -0.3 is 10.2 Å². The van der Waals surface area contributed by atoms with Crippen molar-refractivity contribution in [2.75, 3.05) is 29.9 Å². The summed E-state index contributed by atoms with van der Waals surface area (Å²) in [6, 6.07) is 11.3. The van der Waals surface area contributed by atoms with Crippen molar-refractivity contribution >= 4 is 33.2 Å². The first-order chi connectivity index (χ1) is 16.8. The number of piperidine rings is 1. The zero-order valence-electron chi connectivity index (χ0n) is 20.3. The van der Waals surface area contributed by atoms with Crippen LogP contribution in [0, 0.1) is 5.92 Å². The first-order valence-corrected chi connectivity index (χ1v) is 14.1. The molecule has 0 atom stereocenters. The number of hydrogen-bond donors (Lipinski definition) is 1. The molecule has 2 heterocycles. The third kappa shape index (κ3) is 4.86. The van der Waals surface area contributed by atoms with Gasteiger partial charge in [-0.05, 0) is 98.4 Å². The van der Waals surface area contributed by atoms with Crippen molar-refractivity contribution in [3.8, 4) is 0 Å². The monoisotopic (exact) mass is 495 g/mol. The Morgan fingerprint density at radius 3 is 2.31 bits per heavy atom. The zero-order chi connectivity index (χ0) is 24.6. The fraction of sp³-hybridized carbons (Fsp3) is 0.481. The van der Waals surface area contributed by atoms with Crippen LogP contribution >= 0.6 is 0 Å². The third-order valence-electron chi connectivity index (χ3n) is 7.63. The zero-order valence-corrected chi connectivity index (χ0v) is 21.1. The SMILES string of the molecule is CC(=O)N1CCCc2cc(NC(=O)C3CCN(S(=O)(=O)c4ccc5c(c4)CCCC5)CC3)ccc21. The van der Waals surface area contributed by atoms with Crippen LogP contribution in [0.3, 0.4) is 0 Å². The minimum Gasteiger partial charge on any atom is -0.326 e. The highest BCUT2D eigenvalue weighted by Crippen LogP contribution is 2.31. The topological polar surface area (TPSA) is 86.8 Å². The highest BCUT2D eigenvalue weighted by Gasteiger charge is 2.33. The van der Waals surface area contributed by atoms with E-state index in [2.05, 4.69) is 5.32 Å². The molecule has 1 fully saturated rings. The van der Waals surface area contributed by atoms with Gasteiger partial charge in [0.05, 0.1) is 4.90 Å². The van der Waals surface area contributed by atoms with Gasteiger partial charge in [0, 0.05) is 43.9 Å². The Kier molecular flexibility index (Phi) is 6.68. The normalized spacial score (nSPS) is 19.1. The van der Waals surface area contributed by atoms with Crippen molar-refractivity contribution in [3.05, 3.63) is 53.1 Å². The molecule has 2 aromatic rings. The summed E-state index contributed by atoms with van der Waals surface area (Å²) < 4.78 is 28.0. The number of rotatable bonds is 4. The van der Waals surface area contributed by atoms with E-state index in [9.17, 15) is 18.0 Å². The van der Waals surface area contributed by atoms with Gasteiger partial charge in [-0.1, -0.05) is 6.07 Å². The Balaban J connectivity index is 1.21. The maximum Gasteiger partial charge on any atom is 0.243 e. The average Bonchev–Trinajstić information content (AvgIpc) is 2.87. The molecule has 1 aliphatic carbocycles. The van der Waals surface area contributed by atoms with Gasteiger partial charge in [0.15, 0.2) is 0 Å². The van der Waals surface area contributed by atoms with Gasteiger partial charge in [0.25, 0.3) is 0 Å². The molecule has 1 saturated heterocycles. The van der Waals surface area contributed by atoms with Gasteiger partial charge in [-0.15, -0.1) is 0 Å². The third-order valence-corrected chi connectivity index (χ3v) is 9.52. The molecule has 1 N–H and O–H groups in total. The lowest BCUT2D eigenvalue weighted by molar-refractivity contribution is -0.121. The number of aryl methyl sites for hydroxylation is 3. The van der Waals surface area contributed by atoms with Crippen molar-refractivity contribution in [2.24, 2.45) is 5.92 Å². The minimum absolute atomic E-state index is 0.0276. The highest BCUT2D eigenvalue weighted by atomic mass is 32.2. The van der Waals surface area contributed by atoms with E-state index in [0.717, 1.165) is 67.6 Å². The number of sulfonamides is 1. The van der Waals surface area contributed by atoms with Gasteiger partial charge in [-0.25, -0.2) is 8.42 Å². The Morgan fingerprint density at radius 2 is 1.57 bits per heavy atom. The van der Waals surface area contributed by atoms with Crippen molar-refractivity contribution < 1.29 is 18.0 Å². The van der Waals surface area contributed by atoms with Gasteiger partial charge in [-0.2, -0.15) is 4.31 Å². The van der Waals surface area contributed by atoms with Crippen molar-refractivity contribution in [1.82, 2.24) is 4.31 Å². The lowest BCUT2D eigenvalue weighted by Gasteiger charge is -2.31. The Labute approximate surface area is 207 Å². The van der Waals surface area contributed by atoms with Crippen molar-refractivity contribution in [2.45, 2.75) is 63.2 Å². The van der Waals surface area contributed by atoms with Crippen LogP contribution in [0.15, 0.2) is 41.3 Å². The molecule has 2 aliphatic heterocycles. The van der Waals surface area contributed by atoms with E-state index in [1.807, 2.05) is 30.3 Å². The number of nitrogens with one attached hydrogen (secondary N) is 1. The van der Waals surface area contributed by atoms with Gasteiger partial charge in [0.2, 0.25) is 21.8 Å². The standard InChI is InChI=1S/C27H33N3O4S/c1-19(31)30-14-4-7-23-17-24(9-11-26(23)30)28-27(32)21-12-15-29(16-13-21)35(33,34)25-10-8-20-5-2-3-6-22(20)18-25/h8-11,17-18,21H,2-7,12-16H2,1H3,(H,28,32). The van der Waals surface area contributed by atoms with E-state index in [1.165, 1.54) is 9.87 Å². The summed E-state index contributed by atoms with van der Waals surface area (Å²) >= 11 is 0. The first-order valence-electron chi connectivity index (χ1n) is 12.7. The van der Waals surface area contributed by atoms with Crippen LogP contribution in [0.1, 0.15) is 55.7 Å². The summed E-state index contributed by atoms with van der Waals surface area (Å²) in [6.45, 7) is 2.98. The Hall–Kier alpha value is -2.71. The number of carbonyl (C=O) groups excluding carboxylic acids is 2. The second-order valence-electron chi connectivity index (χ2n) is 9.92. The summed E-state index contributed by atoms with van der Waals surface area (Å²) in [4.78, 5) is 27.0. The van der Waals surface area contributed by atoms with E-state index in [0.29, 0.717) is 30.8 Å². The van der Waals surface area contributed by atoms with Gasteiger partial charge >= 0.3 is 0 Å². The smallest absolute Gasteiger partial charge is 0.243 e. The summed E-state index contributed by atoms with van der Waals surface area (Å²) in [5.74, 6) is -0.274. The molecule has 5 rings (SSSR count). The molecule has 0 bridgehead atoms. The van der Waals surface area contributed by atoms with Crippen LogP contribution in [0.4, 0.5) is 11.4 Å². The van der Waals surface area contributed by atoms with Crippen LogP contribution in [0.5, 0.6) is 0 Å². The first kappa shape index (κ1) is 24.0. The van der Waals surface area contributed by atoms with E-state index in [4.69, 9.17) is 0 Å². The summed E-state index contributed by atoms with van der Waals surface area (Å²) in [7, 11) is -3.56. The van der Waals surface area contributed by atoms with E-state index in [-0.39, 0.29) is 17.7 Å². The molecule has 186 valence electrons. The molecule has 7 nitrogen and oxygen atoms in total. The molecule has 8 heteroatoms. The molecule has 0 saturated carbocycles. The van der Waals surface area contributed by atoms with Crippen LogP contribution < -0.4 is 10.2 Å². The van der Waals surface area contributed by atoms with Crippen LogP contribution in [-0.4, -0.2) is 44.2 Å². The molecule has 0 radical (unpaired) electrons. The van der Waals surface area contributed by atoms with Crippen LogP contribution in [0.2, 0.25) is 0 Å². The summed E-state index contributed by atoms with van der Waals surface area (Å²) in [5.41, 5.74) is 5.13. The van der Waals surface area contributed by atoms with E-state index >= 15 is 0 Å². The van der Waals surface area contributed by atoms with E-state index in [1.54, 1.807) is 17.9 Å². The maximum absolute atomic E-state index is 13.2. The van der Waals surface area contributed by atoms with E-state index < -0.39 is 10.0 Å². The largest absolute Gasteiger partial charge is 0.326 e. The average molecular weight is 496 g/mol. The van der Waals surface area contributed by atoms with Gasteiger partial charge in [0.1, 0.15) is 0 Å². The number of hydrogen-bond acceptors (Lipinski definition) is 4. The maximum atomic E-state index is 13.2. The molecular weight excluding hydrogens is 462 g/mol. The number of amides is 2. The number of carbonyl (C=O) groups is 2. The predicted octanol–water partition coefficient (Wildman–Crippen LogP) is 3.90. The van der Waals surface area contributed by atoms with Crippen LogP contribution in [0.25, 0.3) is 0 Å². The summed E-state index contributed by atoms with van der Waals surface area (Å²) in [5, 5.41) is 3.01. The number of benzene rings is 2. The lowest BCUT2D eigenvalue weighted by atomic mass is 9.92. The number of nitrogens with zero attached hydrogens (tertiary/aromatic N) is 2. The van der Waals surface area contributed by atoms with Gasteiger partial charge in [-0.3, -0.25) is 9.59 Å². The lowest BCUT2D eigenvalue weighted by Crippen LogP contribution is -2.41. The molecule has 2 aromatic carbocycles. The minimum atomic E-state index is -3.56. The fourth-order valence-corrected chi connectivity index (χ4v) is 7.14. The molecule has 3 aliphatic rings. The Bertz CT molecular complexity index is 1250. The molecule has 0 unspecified atom stereocenters. The van der Waals surface area contributed by atoms with Crippen molar-refractivity contribution in [1.29, 1.82) is 0 Å². The molecule has 0 aromatic heterocycles.